The number of aromatic nitrogens is 5. The Hall–Kier alpha value is -3.14. The average Bonchev–Trinajstić information content (AvgIpc) is 3.02. The molecule has 3 rings (SSSR count). The molecule has 3 aromatic rings. The fourth-order valence-electron chi connectivity index (χ4n) is 2.16. The number of hydrogen-bond donors (Lipinski definition) is 2. The molecule has 0 fully saturated rings. The lowest BCUT2D eigenvalue weighted by molar-refractivity contribution is 0.398. The number of nitrogen functional groups attached to an aromatic ring is 1. The second-order valence-electron chi connectivity index (χ2n) is 5.19. The number of nitrogens with zero attached hydrogens (tertiary/aromatic N) is 4. The second kappa shape index (κ2) is 6.96. The number of aromatic amines is 1. The van der Waals surface area contributed by atoms with E-state index in [0.717, 1.165) is 19.3 Å². The van der Waals surface area contributed by atoms with Crippen molar-refractivity contribution in [2.24, 2.45) is 0 Å². The number of unbranched alkanes of at least 4 members (excludes halogenated alkanes) is 2. The van der Waals surface area contributed by atoms with Gasteiger partial charge in [-0.05, 0) is 18.4 Å². The molecule has 0 atom stereocenters. The molecule has 24 heavy (non-hydrogen) atoms. The minimum Gasteiger partial charge on any atom is -0.481 e. The molecule has 0 spiro atoms. The van der Waals surface area contributed by atoms with Gasteiger partial charge in [0.25, 0.3) is 0 Å². The van der Waals surface area contributed by atoms with E-state index in [9.17, 15) is 0 Å². The lowest BCUT2D eigenvalue weighted by atomic mass is 10.2. The summed E-state index contributed by atoms with van der Waals surface area (Å²) in [5.74, 6) is 7.82. The van der Waals surface area contributed by atoms with Gasteiger partial charge in [-0.3, -0.25) is 0 Å². The highest BCUT2D eigenvalue weighted by Crippen LogP contribution is 2.21. The molecule has 3 N–H and O–H groups in total. The molecule has 0 aliphatic rings. The quantitative estimate of drug-likeness (QED) is 0.565. The SMILES string of the molecule is CCCCC#Cc1nc2nc(-c3cccc(OC)n3)nc(N)c2[nH]1. The molecular formula is C17H18N6O. The van der Waals surface area contributed by atoms with Gasteiger partial charge in [0, 0.05) is 12.5 Å². The fraction of sp³-hybridized carbons (Fsp3) is 0.294. The van der Waals surface area contributed by atoms with Crippen LogP contribution in [-0.2, 0) is 0 Å². The summed E-state index contributed by atoms with van der Waals surface area (Å²) in [5, 5.41) is 0. The number of rotatable bonds is 4. The van der Waals surface area contributed by atoms with E-state index >= 15 is 0 Å². The van der Waals surface area contributed by atoms with Gasteiger partial charge < -0.3 is 15.5 Å². The highest BCUT2D eigenvalue weighted by Gasteiger charge is 2.12. The number of H-pyrrole nitrogens is 1. The van der Waals surface area contributed by atoms with E-state index in [0.29, 0.717) is 40.2 Å². The Labute approximate surface area is 139 Å². The van der Waals surface area contributed by atoms with Crippen molar-refractivity contribution >= 4 is 17.0 Å². The monoisotopic (exact) mass is 322 g/mol. The summed E-state index contributed by atoms with van der Waals surface area (Å²) in [6.45, 7) is 2.13. The summed E-state index contributed by atoms with van der Waals surface area (Å²) in [4.78, 5) is 20.5. The van der Waals surface area contributed by atoms with Gasteiger partial charge in [-0.2, -0.15) is 0 Å². The Bertz CT molecular complexity index is 922. The zero-order valence-electron chi connectivity index (χ0n) is 13.6. The number of methoxy groups -OCH3 is 1. The molecule has 0 unspecified atom stereocenters. The summed E-state index contributed by atoms with van der Waals surface area (Å²) >= 11 is 0. The van der Waals surface area contributed by atoms with Gasteiger partial charge in [-0.25, -0.2) is 19.9 Å². The summed E-state index contributed by atoms with van der Waals surface area (Å²) in [6, 6.07) is 5.37. The molecule has 0 bridgehead atoms. The number of nitrogens with one attached hydrogen (secondary N) is 1. The van der Waals surface area contributed by atoms with Crippen LogP contribution in [0.1, 0.15) is 32.0 Å². The zero-order valence-corrected chi connectivity index (χ0v) is 13.6. The number of anilines is 1. The third-order valence-corrected chi connectivity index (χ3v) is 3.40. The van der Waals surface area contributed by atoms with Crippen LogP contribution in [-0.4, -0.2) is 32.0 Å². The highest BCUT2D eigenvalue weighted by molar-refractivity contribution is 5.83. The van der Waals surface area contributed by atoms with E-state index in [2.05, 4.69) is 43.7 Å². The van der Waals surface area contributed by atoms with E-state index < -0.39 is 0 Å². The Morgan fingerprint density at radius 3 is 2.88 bits per heavy atom. The van der Waals surface area contributed by atoms with Crippen LogP contribution in [0.25, 0.3) is 22.7 Å². The van der Waals surface area contributed by atoms with Crippen molar-refractivity contribution in [1.29, 1.82) is 0 Å². The van der Waals surface area contributed by atoms with Gasteiger partial charge in [0.1, 0.15) is 11.2 Å². The molecule has 7 nitrogen and oxygen atoms in total. The van der Waals surface area contributed by atoms with Crippen LogP contribution < -0.4 is 10.5 Å². The van der Waals surface area contributed by atoms with Gasteiger partial charge in [-0.15, -0.1) is 0 Å². The van der Waals surface area contributed by atoms with E-state index in [-0.39, 0.29) is 0 Å². The standard InChI is InChI=1S/C17H18N6O/c1-3-4-5-6-9-12-20-14-15(18)22-16(23-17(14)21-12)11-8-7-10-13(19-11)24-2/h7-8,10H,3-5H2,1-2H3,(H3,18,20,21,22,23). The summed E-state index contributed by atoms with van der Waals surface area (Å²) in [6.07, 6.45) is 3.03. The van der Waals surface area contributed by atoms with Crippen LogP contribution in [0.4, 0.5) is 5.82 Å². The van der Waals surface area contributed by atoms with E-state index in [1.54, 1.807) is 19.2 Å². The Morgan fingerprint density at radius 1 is 1.21 bits per heavy atom. The minimum absolute atomic E-state index is 0.314. The number of fused-ring (bicyclic) bond motifs is 1. The first kappa shape index (κ1) is 15.7. The number of hydrogen-bond acceptors (Lipinski definition) is 6. The first-order valence-corrected chi connectivity index (χ1v) is 7.74. The van der Waals surface area contributed by atoms with Gasteiger partial charge in [0.15, 0.2) is 23.1 Å². The largest absolute Gasteiger partial charge is 0.481 e. The van der Waals surface area contributed by atoms with Crippen LogP contribution in [0.3, 0.4) is 0 Å². The van der Waals surface area contributed by atoms with E-state index in [1.165, 1.54) is 0 Å². The fourth-order valence-corrected chi connectivity index (χ4v) is 2.16. The third-order valence-electron chi connectivity index (χ3n) is 3.40. The minimum atomic E-state index is 0.314. The van der Waals surface area contributed by atoms with Gasteiger partial charge in [-0.1, -0.05) is 25.3 Å². The molecular weight excluding hydrogens is 304 g/mol. The van der Waals surface area contributed by atoms with Crippen LogP contribution in [0, 0.1) is 11.8 Å². The number of imidazole rings is 1. The van der Waals surface area contributed by atoms with Gasteiger partial charge in [0.05, 0.1) is 7.11 Å². The van der Waals surface area contributed by atoms with Crippen molar-refractivity contribution in [3.63, 3.8) is 0 Å². The lowest BCUT2D eigenvalue weighted by Crippen LogP contribution is -1.99. The molecule has 0 radical (unpaired) electrons. The maximum Gasteiger partial charge on any atom is 0.213 e. The summed E-state index contributed by atoms with van der Waals surface area (Å²) in [5.41, 5.74) is 7.65. The predicted octanol–water partition coefficient (Wildman–Crippen LogP) is 2.55. The molecule has 0 saturated heterocycles. The molecule has 0 amide bonds. The molecule has 122 valence electrons. The van der Waals surface area contributed by atoms with Crippen LogP contribution in [0.15, 0.2) is 18.2 Å². The number of nitrogens with two attached hydrogens (primary N) is 1. The van der Waals surface area contributed by atoms with Crippen molar-refractivity contribution in [1.82, 2.24) is 24.9 Å². The Morgan fingerprint density at radius 2 is 2.08 bits per heavy atom. The molecule has 0 aliphatic carbocycles. The highest BCUT2D eigenvalue weighted by atomic mass is 16.5. The van der Waals surface area contributed by atoms with E-state index in [1.807, 2.05) is 6.07 Å². The van der Waals surface area contributed by atoms with Crippen molar-refractivity contribution in [3.05, 3.63) is 24.0 Å². The zero-order chi connectivity index (χ0) is 16.9. The molecule has 0 aliphatic heterocycles. The first-order chi connectivity index (χ1) is 11.7. The summed E-state index contributed by atoms with van der Waals surface area (Å²) < 4.78 is 5.12. The van der Waals surface area contributed by atoms with Gasteiger partial charge >= 0.3 is 0 Å². The van der Waals surface area contributed by atoms with Crippen LogP contribution in [0.5, 0.6) is 5.88 Å². The van der Waals surface area contributed by atoms with Crippen molar-refractivity contribution in [2.75, 3.05) is 12.8 Å². The summed E-state index contributed by atoms with van der Waals surface area (Å²) in [7, 11) is 1.56. The molecule has 3 aromatic heterocycles. The smallest absolute Gasteiger partial charge is 0.213 e. The normalized spacial score (nSPS) is 10.4. The Balaban J connectivity index is 1.98. The van der Waals surface area contributed by atoms with Crippen molar-refractivity contribution in [3.8, 4) is 29.2 Å². The van der Waals surface area contributed by atoms with Gasteiger partial charge in [0.2, 0.25) is 5.88 Å². The Kier molecular flexibility index (Phi) is 4.57. The second-order valence-corrected chi connectivity index (χ2v) is 5.19. The van der Waals surface area contributed by atoms with Crippen molar-refractivity contribution < 1.29 is 4.74 Å². The molecule has 7 heteroatoms. The van der Waals surface area contributed by atoms with Crippen LogP contribution >= 0.6 is 0 Å². The predicted molar refractivity (Wildman–Crippen MR) is 92.3 cm³/mol. The third kappa shape index (κ3) is 3.27. The van der Waals surface area contributed by atoms with Crippen LogP contribution in [0.2, 0.25) is 0 Å². The van der Waals surface area contributed by atoms with Crippen molar-refractivity contribution in [2.45, 2.75) is 26.2 Å². The topological polar surface area (TPSA) is 103 Å². The lowest BCUT2D eigenvalue weighted by Gasteiger charge is -2.03. The maximum atomic E-state index is 6.03. The number of pyridine rings is 1. The maximum absolute atomic E-state index is 6.03. The first-order valence-electron chi connectivity index (χ1n) is 7.74. The van der Waals surface area contributed by atoms with E-state index in [4.69, 9.17) is 10.5 Å². The molecule has 0 aromatic carbocycles. The number of ether oxygens (including phenoxy) is 1. The molecule has 3 heterocycles. The molecule has 0 saturated carbocycles. The average molecular weight is 322 g/mol.